The lowest BCUT2D eigenvalue weighted by molar-refractivity contribution is -0.306. The lowest BCUT2D eigenvalue weighted by Gasteiger charge is -2.48. The number of hydrogen-bond acceptors (Lipinski definition) is 9. The lowest BCUT2D eigenvalue weighted by Crippen LogP contribution is -2.65. The number of carbonyl (C=O) groups is 2. The van der Waals surface area contributed by atoms with Crippen LogP contribution in [0.4, 0.5) is 0 Å². The number of thioether (sulfide) groups is 1. The van der Waals surface area contributed by atoms with E-state index in [0.29, 0.717) is 18.6 Å². The Balaban J connectivity index is 1.65. The van der Waals surface area contributed by atoms with Crippen molar-refractivity contribution in [1.29, 1.82) is 0 Å². The van der Waals surface area contributed by atoms with Crippen LogP contribution in [0.15, 0.2) is 24.3 Å². The van der Waals surface area contributed by atoms with Crippen LogP contribution < -0.4 is 10.1 Å². The Morgan fingerprint density at radius 3 is 2.61 bits per heavy atom. The lowest BCUT2D eigenvalue weighted by atomic mass is 9.96. The first-order chi connectivity index (χ1) is 14.9. The van der Waals surface area contributed by atoms with Crippen molar-refractivity contribution in [3.63, 3.8) is 0 Å². The molecule has 2 N–H and O–H groups in total. The van der Waals surface area contributed by atoms with Gasteiger partial charge in [0, 0.05) is 18.9 Å². The van der Waals surface area contributed by atoms with Crippen molar-refractivity contribution >= 4 is 23.6 Å². The van der Waals surface area contributed by atoms with Crippen LogP contribution in [0.5, 0.6) is 5.75 Å². The number of benzene rings is 1. The van der Waals surface area contributed by atoms with Crippen LogP contribution in [0.1, 0.15) is 31.6 Å². The van der Waals surface area contributed by atoms with E-state index < -0.39 is 36.1 Å². The summed E-state index contributed by atoms with van der Waals surface area (Å²) in [6, 6.07) is 6.64. The summed E-state index contributed by atoms with van der Waals surface area (Å²) in [7, 11) is 2.94. The van der Waals surface area contributed by atoms with E-state index in [2.05, 4.69) is 10.1 Å². The number of methoxy groups -OCH3 is 2. The van der Waals surface area contributed by atoms with Gasteiger partial charge in [-0.3, -0.25) is 9.59 Å². The minimum atomic E-state index is -0.981. The van der Waals surface area contributed by atoms with E-state index in [1.165, 1.54) is 25.8 Å². The Morgan fingerprint density at radius 1 is 1.23 bits per heavy atom. The smallest absolute Gasteiger partial charge is 0.305 e. The van der Waals surface area contributed by atoms with Crippen molar-refractivity contribution in [2.75, 3.05) is 26.6 Å². The molecule has 2 aliphatic rings. The maximum atomic E-state index is 11.7. The Bertz CT molecular complexity index is 745. The van der Waals surface area contributed by atoms with Crippen LogP contribution in [0.2, 0.25) is 0 Å². The van der Waals surface area contributed by atoms with E-state index >= 15 is 0 Å². The molecule has 0 radical (unpaired) electrons. The van der Waals surface area contributed by atoms with Gasteiger partial charge in [0.15, 0.2) is 6.29 Å². The first-order valence-corrected chi connectivity index (χ1v) is 11.2. The summed E-state index contributed by atoms with van der Waals surface area (Å²) in [6.07, 6.45) is -1.89. The van der Waals surface area contributed by atoms with Crippen molar-refractivity contribution in [3.8, 4) is 5.75 Å². The zero-order valence-corrected chi connectivity index (χ0v) is 18.6. The van der Waals surface area contributed by atoms with Gasteiger partial charge in [-0.25, -0.2) is 0 Å². The van der Waals surface area contributed by atoms with Crippen molar-refractivity contribution in [2.24, 2.45) is 0 Å². The van der Waals surface area contributed by atoms with Gasteiger partial charge in [-0.05, 0) is 24.3 Å². The topological polar surface area (TPSA) is 113 Å². The first-order valence-electron chi connectivity index (χ1n) is 10.1. The summed E-state index contributed by atoms with van der Waals surface area (Å²) in [5, 5.41) is 13.8. The SMILES string of the molecule is COC(=O)CCCSC1O[C@@H]2COC(c3ccc(OC)cc3)O[C@@H]2[C@H](O)[C@H]1NC(C)=O. The van der Waals surface area contributed by atoms with Crippen LogP contribution >= 0.6 is 11.8 Å². The third kappa shape index (κ3) is 6.11. The van der Waals surface area contributed by atoms with E-state index in [0.717, 1.165) is 11.3 Å². The van der Waals surface area contributed by atoms with E-state index in [1.54, 1.807) is 7.11 Å². The molecule has 0 aromatic heterocycles. The number of carbonyl (C=O) groups excluding carboxylic acids is 2. The van der Waals surface area contributed by atoms with Crippen molar-refractivity contribution in [3.05, 3.63) is 29.8 Å². The van der Waals surface area contributed by atoms with Crippen LogP contribution in [-0.4, -0.2) is 73.4 Å². The summed E-state index contributed by atoms with van der Waals surface area (Å²) < 4.78 is 27.8. The predicted molar refractivity (Wildman–Crippen MR) is 113 cm³/mol. The largest absolute Gasteiger partial charge is 0.497 e. The summed E-state index contributed by atoms with van der Waals surface area (Å²) in [4.78, 5) is 23.0. The maximum absolute atomic E-state index is 11.7. The van der Waals surface area contributed by atoms with Gasteiger partial charge in [0.25, 0.3) is 0 Å². The van der Waals surface area contributed by atoms with Gasteiger partial charge in [0.1, 0.15) is 29.5 Å². The van der Waals surface area contributed by atoms with E-state index in [-0.39, 0.29) is 18.5 Å². The highest BCUT2D eigenvalue weighted by molar-refractivity contribution is 7.99. The third-order valence-corrected chi connectivity index (χ3v) is 6.42. The zero-order chi connectivity index (χ0) is 22.4. The standard InChI is InChI=1S/C21H29NO8S/c1-12(23)22-17-18(25)19-15(29-21(17)31-10-4-5-16(24)27-3)11-28-20(30-19)13-6-8-14(26-2)9-7-13/h6-9,15,17-21,25H,4-5,10-11H2,1-3H3,(H,22,23)/t15-,17-,18-,19+,20?,21?/m1/s1. The first kappa shape index (κ1) is 23.8. The molecule has 2 heterocycles. The van der Waals surface area contributed by atoms with Crippen molar-refractivity contribution in [2.45, 2.75) is 55.8 Å². The van der Waals surface area contributed by atoms with Gasteiger partial charge >= 0.3 is 5.97 Å². The number of nitrogens with one attached hydrogen (secondary N) is 1. The number of hydrogen-bond donors (Lipinski definition) is 2. The number of aliphatic hydroxyl groups is 1. The highest BCUT2D eigenvalue weighted by atomic mass is 32.2. The molecule has 172 valence electrons. The average molecular weight is 456 g/mol. The fourth-order valence-corrected chi connectivity index (χ4v) is 4.77. The molecule has 0 spiro atoms. The molecule has 6 atom stereocenters. The van der Waals surface area contributed by atoms with Crippen molar-refractivity contribution < 1.29 is 38.4 Å². The minimum absolute atomic E-state index is 0.241. The van der Waals surface area contributed by atoms with Gasteiger partial charge in [0.05, 0.1) is 26.9 Å². The van der Waals surface area contributed by atoms with E-state index in [4.69, 9.17) is 18.9 Å². The molecule has 0 aliphatic carbocycles. The van der Waals surface area contributed by atoms with Gasteiger partial charge in [0.2, 0.25) is 5.91 Å². The molecule has 1 aromatic carbocycles. The number of ether oxygens (including phenoxy) is 5. The molecule has 9 nitrogen and oxygen atoms in total. The summed E-state index contributed by atoms with van der Waals surface area (Å²) in [6.45, 7) is 1.63. The summed E-state index contributed by atoms with van der Waals surface area (Å²) in [5.41, 5.74) is 0.296. The molecule has 2 saturated heterocycles. The van der Waals surface area contributed by atoms with Gasteiger partial charge < -0.3 is 34.1 Å². The number of rotatable bonds is 8. The molecule has 0 saturated carbocycles. The number of aliphatic hydroxyl groups excluding tert-OH is 1. The summed E-state index contributed by atoms with van der Waals surface area (Å²) >= 11 is 1.43. The Kier molecular flexibility index (Phi) is 8.56. The molecule has 2 fully saturated rings. The van der Waals surface area contributed by atoms with Gasteiger partial charge in [-0.1, -0.05) is 12.1 Å². The fraction of sp³-hybridized carbons (Fsp3) is 0.619. The van der Waals surface area contributed by atoms with Crippen LogP contribution in [0.25, 0.3) is 0 Å². The van der Waals surface area contributed by atoms with Gasteiger partial charge in [-0.15, -0.1) is 11.8 Å². The van der Waals surface area contributed by atoms with Crippen LogP contribution in [0.3, 0.4) is 0 Å². The maximum Gasteiger partial charge on any atom is 0.305 e. The normalized spacial score (nSPS) is 30.2. The molecule has 1 aromatic rings. The van der Waals surface area contributed by atoms with E-state index in [1.807, 2.05) is 24.3 Å². The quantitative estimate of drug-likeness (QED) is 0.443. The molecular formula is C21H29NO8S. The molecule has 1 amide bonds. The molecule has 10 heteroatoms. The zero-order valence-electron chi connectivity index (χ0n) is 17.8. The molecular weight excluding hydrogens is 426 g/mol. The molecule has 0 bridgehead atoms. The second-order valence-corrected chi connectivity index (χ2v) is 8.56. The number of fused-ring (bicyclic) bond motifs is 1. The Morgan fingerprint density at radius 2 is 1.97 bits per heavy atom. The average Bonchev–Trinajstić information content (AvgIpc) is 2.78. The number of esters is 1. The van der Waals surface area contributed by atoms with Gasteiger partial charge in [-0.2, -0.15) is 0 Å². The molecule has 2 unspecified atom stereocenters. The second-order valence-electron chi connectivity index (χ2n) is 7.35. The second kappa shape index (κ2) is 11.1. The highest BCUT2D eigenvalue weighted by Crippen LogP contribution is 2.37. The predicted octanol–water partition coefficient (Wildman–Crippen LogP) is 1.39. The highest BCUT2D eigenvalue weighted by Gasteiger charge is 2.49. The van der Waals surface area contributed by atoms with Crippen molar-refractivity contribution in [1.82, 2.24) is 5.32 Å². The Hall–Kier alpha value is -1.85. The molecule has 3 rings (SSSR count). The fourth-order valence-electron chi connectivity index (χ4n) is 3.57. The van der Waals surface area contributed by atoms with E-state index in [9.17, 15) is 14.7 Å². The van der Waals surface area contributed by atoms with Crippen LogP contribution in [-0.2, 0) is 28.5 Å². The molecule has 2 aliphatic heterocycles. The molecule has 31 heavy (non-hydrogen) atoms. The number of amides is 1. The summed E-state index contributed by atoms with van der Waals surface area (Å²) in [5.74, 6) is 0.777. The third-order valence-electron chi connectivity index (χ3n) is 5.16. The Labute approximate surface area is 185 Å². The monoisotopic (exact) mass is 455 g/mol. The minimum Gasteiger partial charge on any atom is -0.497 e. The van der Waals surface area contributed by atoms with Crippen LogP contribution in [0, 0.1) is 0 Å².